The second kappa shape index (κ2) is 9.76. The van der Waals surface area contributed by atoms with Crippen LogP contribution in [-0.2, 0) is 16.0 Å². The number of benzene rings is 1. The summed E-state index contributed by atoms with van der Waals surface area (Å²) < 4.78 is 11.8. The van der Waals surface area contributed by atoms with E-state index in [9.17, 15) is 9.59 Å². The molecule has 2 saturated heterocycles. The predicted octanol–water partition coefficient (Wildman–Crippen LogP) is 4.78. The van der Waals surface area contributed by atoms with Crippen LogP contribution in [0.1, 0.15) is 44.9 Å². The Balaban J connectivity index is 1.61. The number of piperidine rings is 1. The van der Waals surface area contributed by atoms with Crippen LogP contribution in [0.5, 0.6) is 5.75 Å². The van der Waals surface area contributed by atoms with Crippen LogP contribution in [-0.4, -0.2) is 59.2 Å². The van der Waals surface area contributed by atoms with Gasteiger partial charge in [-0.1, -0.05) is 12.1 Å². The molecule has 0 radical (unpaired) electrons. The number of halogens is 1. The third-order valence-corrected chi connectivity index (χ3v) is 7.69. The molecule has 2 aliphatic rings. The zero-order valence-electron chi connectivity index (χ0n) is 21.0. The lowest BCUT2D eigenvalue weighted by Crippen LogP contribution is -2.48. The molecule has 1 atom stereocenters. The van der Waals surface area contributed by atoms with Gasteiger partial charge in [0.2, 0.25) is 11.9 Å². The summed E-state index contributed by atoms with van der Waals surface area (Å²) in [5.41, 5.74) is 1.00. The molecule has 1 aromatic carbocycles. The van der Waals surface area contributed by atoms with Crippen LogP contribution in [0.25, 0.3) is 0 Å². The van der Waals surface area contributed by atoms with Crippen molar-refractivity contribution in [1.29, 1.82) is 0 Å². The summed E-state index contributed by atoms with van der Waals surface area (Å²) in [5, 5.41) is 0. The summed E-state index contributed by atoms with van der Waals surface area (Å²) in [6.07, 6.45) is 3.40. The molecule has 3 heterocycles. The molecule has 9 heteroatoms. The van der Waals surface area contributed by atoms with Crippen LogP contribution in [0.2, 0.25) is 0 Å². The third-order valence-electron chi connectivity index (χ3n) is 6.91. The molecule has 2 aromatic rings. The first-order valence-corrected chi connectivity index (χ1v) is 12.7. The van der Waals surface area contributed by atoms with Gasteiger partial charge in [-0.2, -0.15) is 0 Å². The second-order valence-electron chi connectivity index (χ2n) is 10.5. The molecule has 0 bridgehead atoms. The molecule has 2 amide bonds. The van der Waals surface area contributed by atoms with Crippen molar-refractivity contribution in [2.75, 3.05) is 31.6 Å². The van der Waals surface area contributed by atoms with Gasteiger partial charge in [0.1, 0.15) is 11.4 Å². The Labute approximate surface area is 215 Å². The van der Waals surface area contributed by atoms with Crippen molar-refractivity contribution < 1.29 is 19.1 Å². The van der Waals surface area contributed by atoms with E-state index in [0.29, 0.717) is 44.8 Å². The lowest BCUT2D eigenvalue weighted by atomic mass is 9.68. The number of anilines is 1. The number of nitrogens with zero attached hydrogens (tertiary/aromatic N) is 4. The van der Waals surface area contributed by atoms with E-state index in [1.807, 2.05) is 52.0 Å². The molecule has 188 valence electrons. The quantitative estimate of drug-likeness (QED) is 0.550. The fourth-order valence-corrected chi connectivity index (χ4v) is 5.19. The Morgan fingerprint density at radius 3 is 2.60 bits per heavy atom. The van der Waals surface area contributed by atoms with Gasteiger partial charge in [0.15, 0.2) is 0 Å². The van der Waals surface area contributed by atoms with Gasteiger partial charge >= 0.3 is 6.09 Å². The van der Waals surface area contributed by atoms with Crippen LogP contribution < -0.4 is 9.64 Å². The first-order chi connectivity index (χ1) is 16.5. The van der Waals surface area contributed by atoms with E-state index in [2.05, 4.69) is 25.9 Å². The molecule has 2 fully saturated rings. The van der Waals surface area contributed by atoms with E-state index in [-0.39, 0.29) is 23.3 Å². The number of aromatic nitrogens is 2. The number of aryl methyl sites for hydroxylation is 1. The van der Waals surface area contributed by atoms with Crippen molar-refractivity contribution in [2.45, 2.75) is 52.6 Å². The average Bonchev–Trinajstić information content (AvgIpc) is 3.06. The summed E-state index contributed by atoms with van der Waals surface area (Å²) in [5.74, 6) is 0.978. The second-order valence-corrected chi connectivity index (χ2v) is 11.3. The van der Waals surface area contributed by atoms with E-state index in [1.54, 1.807) is 23.1 Å². The maximum absolute atomic E-state index is 13.8. The minimum absolute atomic E-state index is 0.0280. The summed E-state index contributed by atoms with van der Waals surface area (Å²) in [7, 11) is 1.64. The van der Waals surface area contributed by atoms with Gasteiger partial charge in [-0.3, -0.25) is 9.69 Å². The van der Waals surface area contributed by atoms with Crippen molar-refractivity contribution in [3.05, 3.63) is 46.2 Å². The number of hydrogen-bond donors (Lipinski definition) is 0. The molecule has 1 spiro atoms. The van der Waals surface area contributed by atoms with Crippen LogP contribution in [0, 0.1) is 18.3 Å². The standard InChI is InChI=1S/C26H33BrN4O4/c1-17-21(27)15-28-23(29-17)31-16-26(9-11-30(12-10-26)24(33)35-25(2,3)4)20(22(31)32)14-18-7-6-8-19(13-18)34-5/h6-8,13,15,20H,9-12,14,16H2,1-5H3. The van der Waals surface area contributed by atoms with Gasteiger partial charge in [0.25, 0.3) is 0 Å². The normalized spacial score (nSPS) is 19.8. The fraction of sp³-hybridized carbons (Fsp3) is 0.538. The van der Waals surface area contributed by atoms with E-state index >= 15 is 0 Å². The highest BCUT2D eigenvalue weighted by Crippen LogP contribution is 2.48. The van der Waals surface area contributed by atoms with Crippen molar-refractivity contribution in [3.63, 3.8) is 0 Å². The molecule has 1 aromatic heterocycles. The number of likely N-dealkylation sites (tertiary alicyclic amines) is 1. The summed E-state index contributed by atoms with van der Waals surface area (Å²) in [6.45, 7) is 9.12. The smallest absolute Gasteiger partial charge is 0.410 e. The van der Waals surface area contributed by atoms with Gasteiger partial charge in [0, 0.05) is 31.2 Å². The Morgan fingerprint density at radius 1 is 1.26 bits per heavy atom. The predicted molar refractivity (Wildman–Crippen MR) is 136 cm³/mol. The highest BCUT2D eigenvalue weighted by atomic mass is 79.9. The number of amides is 2. The van der Waals surface area contributed by atoms with Crippen LogP contribution >= 0.6 is 15.9 Å². The third kappa shape index (κ3) is 5.44. The summed E-state index contributed by atoms with van der Waals surface area (Å²) in [4.78, 5) is 39.0. The molecule has 0 aliphatic carbocycles. The first-order valence-electron chi connectivity index (χ1n) is 11.9. The van der Waals surface area contributed by atoms with E-state index < -0.39 is 5.60 Å². The topological polar surface area (TPSA) is 84.9 Å². The van der Waals surface area contributed by atoms with Crippen LogP contribution in [0.15, 0.2) is 34.9 Å². The number of methoxy groups -OCH3 is 1. The maximum Gasteiger partial charge on any atom is 0.410 e. The number of carbonyl (C=O) groups is 2. The lowest BCUT2D eigenvalue weighted by Gasteiger charge is -2.42. The summed E-state index contributed by atoms with van der Waals surface area (Å²) >= 11 is 3.44. The Kier molecular flexibility index (Phi) is 7.09. The Morgan fingerprint density at radius 2 is 1.97 bits per heavy atom. The molecule has 35 heavy (non-hydrogen) atoms. The van der Waals surface area contributed by atoms with Crippen LogP contribution in [0.4, 0.5) is 10.7 Å². The van der Waals surface area contributed by atoms with Gasteiger partial charge < -0.3 is 14.4 Å². The number of carbonyl (C=O) groups excluding carboxylic acids is 2. The van der Waals surface area contributed by atoms with Crippen molar-refractivity contribution in [1.82, 2.24) is 14.9 Å². The van der Waals surface area contributed by atoms with E-state index in [4.69, 9.17) is 9.47 Å². The maximum atomic E-state index is 13.8. The number of ether oxygens (including phenoxy) is 2. The van der Waals surface area contributed by atoms with Crippen molar-refractivity contribution >= 4 is 33.9 Å². The van der Waals surface area contributed by atoms with Crippen molar-refractivity contribution in [2.24, 2.45) is 11.3 Å². The Bertz CT molecular complexity index is 1110. The molecule has 4 rings (SSSR count). The minimum atomic E-state index is -0.544. The molecule has 2 aliphatic heterocycles. The zero-order valence-corrected chi connectivity index (χ0v) is 22.6. The van der Waals surface area contributed by atoms with Gasteiger partial charge in [-0.25, -0.2) is 14.8 Å². The minimum Gasteiger partial charge on any atom is -0.497 e. The molecule has 0 saturated carbocycles. The van der Waals surface area contributed by atoms with Gasteiger partial charge in [-0.15, -0.1) is 0 Å². The zero-order chi connectivity index (χ0) is 25.4. The first kappa shape index (κ1) is 25.4. The monoisotopic (exact) mass is 544 g/mol. The average molecular weight is 545 g/mol. The number of rotatable bonds is 4. The van der Waals surface area contributed by atoms with E-state index in [1.165, 1.54) is 0 Å². The number of hydrogen-bond acceptors (Lipinski definition) is 6. The highest BCUT2D eigenvalue weighted by molar-refractivity contribution is 9.10. The molecule has 0 N–H and O–H groups in total. The van der Waals surface area contributed by atoms with Crippen molar-refractivity contribution in [3.8, 4) is 5.75 Å². The van der Waals surface area contributed by atoms with E-state index in [0.717, 1.165) is 21.5 Å². The van der Waals surface area contributed by atoms with Gasteiger partial charge in [-0.05, 0) is 80.6 Å². The molecular weight excluding hydrogens is 512 g/mol. The highest BCUT2D eigenvalue weighted by Gasteiger charge is 2.54. The SMILES string of the molecule is COc1cccc(CC2C(=O)N(c3ncc(Br)c(C)n3)CC23CCN(C(=O)OC(C)(C)C)CC3)c1. The van der Waals surface area contributed by atoms with Gasteiger partial charge in [0.05, 0.1) is 23.2 Å². The lowest BCUT2D eigenvalue weighted by molar-refractivity contribution is -0.122. The molecule has 8 nitrogen and oxygen atoms in total. The summed E-state index contributed by atoms with van der Waals surface area (Å²) in [6, 6.07) is 7.87. The molecular formula is C26H33BrN4O4. The molecule has 1 unspecified atom stereocenters. The Hall–Kier alpha value is -2.68. The largest absolute Gasteiger partial charge is 0.497 e. The fourth-order valence-electron chi connectivity index (χ4n) is 5.00. The van der Waals surface area contributed by atoms with Crippen LogP contribution in [0.3, 0.4) is 0 Å².